The van der Waals surface area contributed by atoms with Crippen molar-refractivity contribution in [1.29, 1.82) is 0 Å². The number of hydrogen-bond donors (Lipinski definition) is 1. The Morgan fingerprint density at radius 3 is 2.37 bits per heavy atom. The van der Waals surface area contributed by atoms with Gasteiger partial charge in [0.05, 0.1) is 4.92 Å². The molecule has 2 rings (SSSR count). The van der Waals surface area contributed by atoms with Crippen molar-refractivity contribution < 1.29 is 28.4 Å². The normalized spacial score (nSPS) is 10.2. The summed E-state index contributed by atoms with van der Waals surface area (Å²) in [5.41, 5.74) is 1.24. The number of anilines is 1. The molecule has 27 heavy (non-hydrogen) atoms. The van der Waals surface area contributed by atoms with Gasteiger partial charge in [0, 0.05) is 6.07 Å². The molecule has 1 amide bonds. The first-order valence-electron chi connectivity index (χ1n) is 7.85. The molecule has 0 heterocycles. The second kappa shape index (κ2) is 8.75. The van der Waals surface area contributed by atoms with Gasteiger partial charge in [0.1, 0.15) is 17.3 Å². The van der Waals surface area contributed by atoms with Crippen molar-refractivity contribution >= 4 is 23.3 Å². The quantitative estimate of drug-likeness (QED) is 0.452. The second-order valence-corrected chi connectivity index (χ2v) is 5.66. The van der Waals surface area contributed by atoms with E-state index in [1.807, 2.05) is 0 Å². The summed E-state index contributed by atoms with van der Waals surface area (Å²) in [7, 11) is 0. The molecule has 1 N–H and O–H groups in total. The van der Waals surface area contributed by atoms with Crippen molar-refractivity contribution in [3.05, 3.63) is 63.5 Å². The van der Waals surface area contributed by atoms with Crippen LogP contribution in [0.4, 0.5) is 15.8 Å². The van der Waals surface area contributed by atoms with Gasteiger partial charge in [-0.05, 0) is 55.3 Å². The maximum atomic E-state index is 12.8. The van der Waals surface area contributed by atoms with E-state index in [1.54, 1.807) is 13.8 Å². The highest BCUT2D eigenvalue weighted by Gasteiger charge is 2.18. The van der Waals surface area contributed by atoms with Gasteiger partial charge >= 0.3 is 5.97 Å². The van der Waals surface area contributed by atoms with Crippen molar-refractivity contribution in [3.8, 4) is 5.75 Å². The Morgan fingerprint density at radius 1 is 1.11 bits per heavy atom. The lowest BCUT2D eigenvalue weighted by atomic mass is 10.1. The van der Waals surface area contributed by atoms with Gasteiger partial charge in [-0.25, -0.2) is 9.18 Å². The molecule has 2 aromatic rings. The Labute approximate surface area is 154 Å². The van der Waals surface area contributed by atoms with E-state index >= 15 is 0 Å². The number of hydrogen-bond acceptors (Lipinski definition) is 6. The van der Waals surface area contributed by atoms with E-state index < -0.39 is 35.8 Å². The van der Waals surface area contributed by atoms with Crippen molar-refractivity contribution in [3.63, 3.8) is 0 Å². The van der Waals surface area contributed by atoms with E-state index in [4.69, 9.17) is 9.47 Å². The molecule has 0 radical (unpaired) electrons. The zero-order chi connectivity index (χ0) is 20.0. The van der Waals surface area contributed by atoms with Crippen LogP contribution in [0.1, 0.15) is 11.1 Å². The minimum absolute atomic E-state index is 0.0201. The van der Waals surface area contributed by atoms with E-state index in [2.05, 4.69) is 5.32 Å². The highest BCUT2D eigenvalue weighted by molar-refractivity contribution is 5.95. The van der Waals surface area contributed by atoms with Crippen LogP contribution in [0.5, 0.6) is 5.75 Å². The van der Waals surface area contributed by atoms with E-state index in [9.17, 15) is 24.1 Å². The summed E-state index contributed by atoms with van der Waals surface area (Å²) in [6.45, 7) is 2.37. The van der Waals surface area contributed by atoms with Crippen LogP contribution in [0.25, 0.3) is 0 Å². The van der Waals surface area contributed by atoms with E-state index in [-0.39, 0.29) is 17.1 Å². The average Bonchev–Trinajstić information content (AvgIpc) is 2.62. The number of amides is 1. The molecular formula is C18H17FN2O6. The van der Waals surface area contributed by atoms with Crippen LogP contribution in [0.15, 0.2) is 36.4 Å². The lowest BCUT2D eigenvalue weighted by molar-refractivity contribution is -0.384. The SMILES string of the molecule is Cc1cc(NC(=O)COC(=O)COc2ccc(F)cc2)c([N+](=O)[O-])cc1C. The lowest BCUT2D eigenvalue weighted by Gasteiger charge is -2.10. The third kappa shape index (κ3) is 5.77. The van der Waals surface area contributed by atoms with Crippen LogP contribution in [-0.2, 0) is 14.3 Å². The summed E-state index contributed by atoms with van der Waals surface area (Å²) >= 11 is 0. The van der Waals surface area contributed by atoms with Gasteiger partial charge in [0.2, 0.25) is 0 Å². The fourth-order valence-electron chi connectivity index (χ4n) is 2.10. The van der Waals surface area contributed by atoms with Crippen molar-refractivity contribution in [2.75, 3.05) is 18.5 Å². The fourth-order valence-corrected chi connectivity index (χ4v) is 2.10. The third-order valence-electron chi connectivity index (χ3n) is 3.62. The molecule has 0 spiro atoms. The van der Waals surface area contributed by atoms with Gasteiger partial charge in [-0.15, -0.1) is 0 Å². The van der Waals surface area contributed by atoms with Crippen LogP contribution < -0.4 is 10.1 Å². The zero-order valence-corrected chi connectivity index (χ0v) is 14.7. The molecule has 8 nitrogen and oxygen atoms in total. The molecule has 0 aliphatic carbocycles. The van der Waals surface area contributed by atoms with E-state index in [1.165, 1.54) is 36.4 Å². The zero-order valence-electron chi connectivity index (χ0n) is 14.7. The average molecular weight is 376 g/mol. The first-order chi connectivity index (χ1) is 12.8. The maximum absolute atomic E-state index is 12.8. The Kier molecular flexibility index (Phi) is 6.42. The molecule has 0 aliphatic heterocycles. The minimum atomic E-state index is -0.816. The van der Waals surface area contributed by atoms with Crippen LogP contribution in [0, 0.1) is 29.8 Å². The summed E-state index contributed by atoms with van der Waals surface area (Å²) in [6, 6.07) is 7.86. The maximum Gasteiger partial charge on any atom is 0.344 e. The molecule has 2 aromatic carbocycles. The van der Waals surface area contributed by atoms with Crippen molar-refractivity contribution in [2.24, 2.45) is 0 Å². The Hall–Kier alpha value is -3.49. The van der Waals surface area contributed by atoms with Crippen molar-refractivity contribution in [2.45, 2.75) is 13.8 Å². The first-order valence-corrected chi connectivity index (χ1v) is 7.85. The van der Waals surface area contributed by atoms with E-state index in [0.717, 1.165) is 5.56 Å². The number of nitrogens with one attached hydrogen (secondary N) is 1. The molecule has 0 unspecified atom stereocenters. The standard InChI is InChI=1S/C18H17FN2O6/c1-11-7-15(16(21(24)25)8-12(11)2)20-17(22)9-27-18(23)10-26-14-5-3-13(19)4-6-14/h3-8H,9-10H2,1-2H3,(H,20,22). The number of esters is 1. The third-order valence-corrected chi connectivity index (χ3v) is 3.62. The molecule has 142 valence electrons. The number of carbonyl (C=O) groups is 2. The van der Waals surface area contributed by atoms with Crippen molar-refractivity contribution in [1.82, 2.24) is 0 Å². The predicted molar refractivity (Wildman–Crippen MR) is 94.1 cm³/mol. The molecule has 0 bridgehead atoms. The molecule has 9 heteroatoms. The smallest absolute Gasteiger partial charge is 0.344 e. The number of nitrogens with zero attached hydrogens (tertiary/aromatic N) is 1. The Morgan fingerprint density at radius 2 is 1.74 bits per heavy atom. The van der Waals surface area contributed by atoms with Gasteiger partial charge in [0.25, 0.3) is 11.6 Å². The van der Waals surface area contributed by atoms with Gasteiger partial charge in [-0.3, -0.25) is 14.9 Å². The number of aryl methyl sites for hydroxylation is 2. The summed E-state index contributed by atoms with van der Waals surface area (Å²) in [5.74, 6) is -1.72. The lowest BCUT2D eigenvalue weighted by Crippen LogP contribution is -2.24. The molecular weight excluding hydrogens is 359 g/mol. The summed E-state index contributed by atoms with van der Waals surface area (Å²) in [5, 5.41) is 13.5. The van der Waals surface area contributed by atoms with Gasteiger partial charge < -0.3 is 14.8 Å². The Balaban J connectivity index is 1.87. The minimum Gasteiger partial charge on any atom is -0.482 e. The molecule has 0 fully saturated rings. The predicted octanol–water partition coefficient (Wildman–Crippen LogP) is 2.91. The summed E-state index contributed by atoms with van der Waals surface area (Å²) < 4.78 is 22.6. The van der Waals surface area contributed by atoms with E-state index in [0.29, 0.717) is 5.56 Å². The number of halogens is 1. The molecule has 0 saturated heterocycles. The summed E-state index contributed by atoms with van der Waals surface area (Å²) in [6.07, 6.45) is 0. The molecule has 0 atom stereocenters. The fraction of sp³-hybridized carbons (Fsp3) is 0.222. The van der Waals surface area contributed by atoms with Gasteiger partial charge in [-0.1, -0.05) is 0 Å². The van der Waals surface area contributed by atoms with Crippen LogP contribution in [0.3, 0.4) is 0 Å². The number of nitro groups is 1. The highest BCUT2D eigenvalue weighted by Crippen LogP contribution is 2.27. The number of ether oxygens (including phenoxy) is 2. The number of rotatable bonds is 7. The molecule has 0 aromatic heterocycles. The number of nitro benzene ring substituents is 1. The van der Waals surface area contributed by atoms with Crippen LogP contribution >= 0.6 is 0 Å². The first kappa shape index (κ1) is 19.8. The second-order valence-electron chi connectivity index (χ2n) is 5.66. The van der Waals surface area contributed by atoms with Crippen LogP contribution in [0.2, 0.25) is 0 Å². The topological polar surface area (TPSA) is 108 Å². The summed E-state index contributed by atoms with van der Waals surface area (Å²) in [4.78, 5) is 34.0. The molecule has 0 aliphatic rings. The Bertz CT molecular complexity index is 867. The highest BCUT2D eigenvalue weighted by atomic mass is 19.1. The number of benzene rings is 2. The van der Waals surface area contributed by atoms with Crippen LogP contribution in [-0.4, -0.2) is 30.0 Å². The largest absolute Gasteiger partial charge is 0.482 e. The monoisotopic (exact) mass is 376 g/mol. The molecule has 0 saturated carbocycles. The van der Waals surface area contributed by atoms with Gasteiger partial charge in [-0.2, -0.15) is 0 Å². The number of carbonyl (C=O) groups excluding carboxylic acids is 2. The van der Waals surface area contributed by atoms with Gasteiger partial charge in [0.15, 0.2) is 13.2 Å².